The van der Waals surface area contributed by atoms with Crippen LogP contribution in [0.15, 0.2) is 52.2 Å². The summed E-state index contributed by atoms with van der Waals surface area (Å²) in [5.74, 6) is 0. The lowest BCUT2D eigenvalue weighted by Crippen LogP contribution is -2.50. The first-order valence-electron chi connectivity index (χ1n) is 11.4. The van der Waals surface area contributed by atoms with Gasteiger partial charge in [0.1, 0.15) is 25.0 Å². The van der Waals surface area contributed by atoms with Crippen LogP contribution < -0.4 is 11.2 Å². The summed E-state index contributed by atoms with van der Waals surface area (Å²) in [6.07, 6.45) is -1.38. The lowest BCUT2D eigenvalue weighted by molar-refractivity contribution is -0.0641. The minimum absolute atomic E-state index is 0.0659. The van der Waals surface area contributed by atoms with Crippen molar-refractivity contribution in [2.24, 2.45) is 0 Å². The summed E-state index contributed by atoms with van der Waals surface area (Å²) in [5, 5.41) is 9.93. The lowest BCUT2D eigenvalue weighted by atomic mass is 10.1. The summed E-state index contributed by atoms with van der Waals surface area (Å²) in [6, 6.07) is 10.8. The molecule has 0 radical (unpaired) electrons. The maximum atomic E-state index is 13.2. The number of aliphatic hydroxyl groups excluding tert-OH is 1. The predicted molar refractivity (Wildman–Crippen MR) is 130 cm³/mol. The van der Waals surface area contributed by atoms with Crippen molar-refractivity contribution in [3.8, 4) is 0 Å². The Morgan fingerprint density at radius 2 is 1.76 bits per heavy atom. The molecule has 4 atom stereocenters. The number of hydrogen-bond acceptors (Lipinski definition) is 7. The Bertz CT molecular complexity index is 1060. The SMILES string of the molecule is CO[C@@H]1[C@H](O[Si](C)(C)C(C)(C)C)[C@@H](CO)O[C@H]1n1ccc(=O)n(COCc2ccccc2)c1=O. The molecule has 0 amide bonds. The van der Waals surface area contributed by atoms with Crippen molar-refractivity contribution < 1.29 is 23.7 Å². The standard InChI is InChI=1S/C24H36N2O7Si/c1-24(2,3)34(5,6)33-20-18(14-27)32-22(21(20)30-4)25-13-12-19(28)26(23(25)29)16-31-15-17-10-8-7-9-11-17/h7-13,18,20-22,27H,14-16H2,1-6H3/t18-,20-,21-,22-/m1/s1. The number of rotatable bonds is 9. The van der Waals surface area contributed by atoms with Crippen molar-refractivity contribution in [2.45, 2.75) is 76.8 Å². The zero-order chi connectivity index (χ0) is 25.1. The molecule has 3 rings (SSSR count). The van der Waals surface area contributed by atoms with Crippen molar-refractivity contribution in [1.82, 2.24) is 9.13 Å². The average molecular weight is 493 g/mol. The molecule has 0 aliphatic carbocycles. The van der Waals surface area contributed by atoms with Gasteiger partial charge in [0.25, 0.3) is 5.56 Å². The van der Waals surface area contributed by atoms with Crippen LogP contribution >= 0.6 is 0 Å². The van der Waals surface area contributed by atoms with Crippen LogP contribution in [0.5, 0.6) is 0 Å². The van der Waals surface area contributed by atoms with Gasteiger partial charge in [0, 0.05) is 19.4 Å². The van der Waals surface area contributed by atoms with E-state index in [1.165, 1.54) is 23.9 Å². The van der Waals surface area contributed by atoms with E-state index in [2.05, 4.69) is 33.9 Å². The Morgan fingerprint density at radius 1 is 1.09 bits per heavy atom. The highest BCUT2D eigenvalue weighted by Gasteiger charge is 2.51. The van der Waals surface area contributed by atoms with Crippen LogP contribution in [0, 0.1) is 0 Å². The molecule has 1 saturated heterocycles. The van der Waals surface area contributed by atoms with E-state index in [4.69, 9.17) is 18.6 Å². The fraction of sp³-hybridized carbons (Fsp3) is 0.583. The molecule has 1 aliphatic rings. The van der Waals surface area contributed by atoms with Gasteiger partial charge in [-0.25, -0.2) is 9.36 Å². The fourth-order valence-electron chi connectivity index (χ4n) is 3.66. The van der Waals surface area contributed by atoms with Crippen molar-refractivity contribution in [3.05, 3.63) is 69.0 Å². The van der Waals surface area contributed by atoms with Crippen LogP contribution in [0.2, 0.25) is 18.1 Å². The van der Waals surface area contributed by atoms with E-state index < -0.39 is 44.1 Å². The van der Waals surface area contributed by atoms with Crippen LogP contribution in [-0.2, 0) is 32.0 Å². The molecule has 1 fully saturated rings. The highest BCUT2D eigenvalue weighted by atomic mass is 28.4. The number of aliphatic hydroxyl groups is 1. The Morgan fingerprint density at radius 3 is 2.35 bits per heavy atom. The third kappa shape index (κ3) is 5.59. The highest BCUT2D eigenvalue weighted by molar-refractivity contribution is 6.74. The van der Waals surface area contributed by atoms with Crippen LogP contribution in [0.1, 0.15) is 32.6 Å². The summed E-state index contributed by atoms with van der Waals surface area (Å²) >= 11 is 0. The summed E-state index contributed by atoms with van der Waals surface area (Å²) in [7, 11) is -0.713. The van der Waals surface area contributed by atoms with Crippen LogP contribution in [0.3, 0.4) is 0 Å². The molecule has 2 aromatic rings. The number of methoxy groups -OCH3 is 1. The summed E-state index contributed by atoms with van der Waals surface area (Å²) in [4.78, 5) is 25.7. The van der Waals surface area contributed by atoms with Crippen LogP contribution in [0.4, 0.5) is 0 Å². The molecule has 10 heteroatoms. The van der Waals surface area contributed by atoms with Gasteiger partial charge in [-0.2, -0.15) is 0 Å². The molecule has 0 saturated carbocycles. The molecule has 1 aromatic heterocycles. The van der Waals surface area contributed by atoms with Gasteiger partial charge in [0.15, 0.2) is 14.5 Å². The maximum Gasteiger partial charge on any atom is 0.335 e. The topological polar surface area (TPSA) is 101 Å². The van der Waals surface area contributed by atoms with Crippen molar-refractivity contribution in [1.29, 1.82) is 0 Å². The number of hydrogen-bond donors (Lipinski definition) is 1. The van der Waals surface area contributed by atoms with Crippen molar-refractivity contribution in [3.63, 3.8) is 0 Å². The van der Waals surface area contributed by atoms with Crippen molar-refractivity contribution in [2.75, 3.05) is 13.7 Å². The molecule has 1 N–H and O–H groups in total. The van der Waals surface area contributed by atoms with Gasteiger partial charge < -0.3 is 23.7 Å². The first-order valence-corrected chi connectivity index (χ1v) is 14.3. The molecule has 0 spiro atoms. The number of ether oxygens (including phenoxy) is 3. The molecule has 188 valence electrons. The number of aromatic nitrogens is 2. The second kappa shape index (κ2) is 10.7. The Balaban J connectivity index is 1.86. The molecular weight excluding hydrogens is 456 g/mol. The Hall–Kier alpha value is -2.08. The van der Waals surface area contributed by atoms with Gasteiger partial charge in [0.2, 0.25) is 0 Å². The molecule has 34 heavy (non-hydrogen) atoms. The monoisotopic (exact) mass is 492 g/mol. The first kappa shape index (κ1) is 26.5. The summed E-state index contributed by atoms with van der Waals surface area (Å²) in [6.45, 7) is 10.4. The van der Waals surface area contributed by atoms with E-state index >= 15 is 0 Å². The first-order chi connectivity index (χ1) is 16.0. The molecule has 9 nitrogen and oxygen atoms in total. The van der Waals surface area contributed by atoms with Gasteiger partial charge >= 0.3 is 5.69 Å². The molecule has 2 heterocycles. The van der Waals surface area contributed by atoms with Crippen LogP contribution in [-0.4, -0.2) is 54.6 Å². The fourth-order valence-corrected chi connectivity index (χ4v) is 4.98. The quantitative estimate of drug-likeness (QED) is 0.537. The highest BCUT2D eigenvalue weighted by Crippen LogP contribution is 2.41. The van der Waals surface area contributed by atoms with Crippen LogP contribution in [0.25, 0.3) is 0 Å². The second-order valence-electron chi connectivity index (χ2n) is 10.0. The van der Waals surface area contributed by atoms with E-state index in [9.17, 15) is 14.7 Å². The van der Waals surface area contributed by atoms with Gasteiger partial charge in [0.05, 0.1) is 13.2 Å². The molecule has 0 unspecified atom stereocenters. The smallest absolute Gasteiger partial charge is 0.335 e. The third-order valence-electron chi connectivity index (χ3n) is 6.68. The van der Waals surface area contributed by atoms with Gasteiger partial charge in [-0.3, -0.25) is 9.36 Å². The van der Waals surface area contributed by atoms with Gasteiger partial charge in [-0.05, 0) is 23.7 Å². The second-order valence-corrected chi connectivity index (χ2v) is 14.8. The van der Waals surface area contributed by atoms with E-state index in [0.29, 0.717) is 0 Å². The maximum absolute atomic E-state index is 13.2. The number of nitrogens with zero attached hydrogens (tertiary/aromatic N) is 2. The van der Waals surface area contributed by atoms with E-state index in [1.807, 2.05) is 30.3 Å². The molecule has 1 aromatic carbocycles. The Kier molecular flexibility index (Phi) is 8.33. The predicted octanol–water partition coefficient (Wildman–Crippen LogP) is 2.48. The largest absolute Gasteiger partial charge is 0.408 e. The van der Waals surface area contributed by atoms with Crippen molar-refractivity contribution >= 4 is 8.32 Å². The summed E-state index contributed by atoms with van der Waals surface area (Å²) in [5.41, 5.74) is -0.131. The van der Waals surface area contributed by atoms with Gasteiger partial charge in [-0.15, -0.1) is 0 Å². The third-order valence-corrected chi connectivity index (χ3v) is 11.1. The molecule has 0 bridgehead atoms. The summed E-state index contributed by atoms with van der Waals surface area (Å²) < 4.78 is 26.3. The number of benzene rings is 1. The minimum atomic E-state index is -2.23. The molecular formula is C24H36N2O7Si. The average Bonchev–Trinajstić information content (AvgIpc) is 3.12. The van der Waals surface area contributed by atoms with E-state index in [-0.39, 0.29) is 25.0 Å². The van der Waals surface area contributed by atoms with Gasteiger partial charge in [-0.1, -0.05) is 51.1 Å². The lowest BCUT2D eigenvalue weighted by Gasteiger charge is -2.40. The zero-order valence-corrected chi connectivity index (χ0v) is 21.8. The molecule has 1 aliphatic heterocycles. The normalized spacial score (nSPS) is 23.4. The van der Waals surface area contributed by atoms with E-state index in [1.54, 1.807) is 0 Å². The minimum Gasteiger partial charge on any atom is -0.408 e. The van der Waals surface area contributed by atoms with E-state index in [0.717, 1.165) is 10.1 Å². The Labute approximate surface area is 201 Å². The zero-order valence-electron chi connectivity index (χ0n) is 20.8.